The Labute approximate surface area is 239 Å². The Bertz CT molecular complexity index is 1700. The van der Waals surface area contributed by atoms with Crippen LogP contribution < -0.4 is 14.2 Å². The summed E-state index contributed by atoms with van der Waals surface area (Å²) >= 11 is 0. The van der Waals surface area contributed by atoms with Gasteiger partial charge in [-0.3, -0.25) is 9.78 Å². The van der Waals surface area contributed by atoms with Crippen LogP contribution in [0.25, 0.3) is 11.1 Å². The molecular weight excluding hydrogens is 516 g/mol. The van der Waals surface area contributed by atoms with Gasteiger partial charge in [0.25, 0.3) is 0 Å². The molecule has 1 aromatic heterocycles. The Kier molecular flexibility index (Phi) is 6.84. The van der Waals surface area contributed by atoms with E-state index in [1.54, 1.807) is 0 Å². The first-order valence-electron chi connectivity index (χ1n) is 13.7. The van der Waals surface area contributed by atoms with Gasteiger partial charge in [0, 0.05) is 40.1 Å². The molecule has 4 aromatic rings. The second kappa shape index (κ2) is 10.6. The predicted octanol–water partition coefficient (Wildman–Crippen LogP) is 7.35. The fraction of sp³-hybridized carbons (Fsp3) is 0.265. The van der Waals surface area contributed by atoms with E-state index < -0.39 is 5.97 Å². The minimum atomic E-state index is -0.834. The van der Waals surface area contributed by atoms with Crippen molar-refractivity contribution in [1.29, 1.82) is 5.26 Å². The van der Waals surface area contributed by atoms with E-state index in [2.05, 4.69) is 18.0 Å². The second-order valence-electron chi connectivity index (χ2n) is 10.8. The zero-order chi connectivity index (χ0) is 28.7. The SMILES string of the molecule is Cc1cc(-c2ccc(Oc3ccc(C)c4c3CC[C@H]4Oc3ccc4c(c3)OC[C@H]4CC(=O)O)c(C#N)c2)cc(C)n1. The molecule has 7 heteroatoms. The number of fused-ring (bicyclic) bond motifs is 2. The maximum atomic E-state index is 11.2. The van der Waals surface area contributed by atoms with Crippen LogP contribution in [0.4, 0.5) is 0 Å². The zero-order valence-electron chi connectivity index (χ0n) is 23.2. The first-order chi connectivity index (χ1) is 19.8. The normalized spacial score (nSPS) is 16.8. The molecule has 1 aliphatic carbocycles. The highest BCUT2D eigenvalue weighted by molar-refractivity contribution is 5.69. The van der Waals surface area contributed by atoms with Gasteiger partial charge in [-0.1, -0.05) is 18.2 Å². The largest absolute Gasteiger partial charge is 0.492 e. The van der Waals surface area contributed by atoms with Crippen LogP contribution in [0.1, 0.15) is 64.1 Å². The number of hydrogen-bond acceptors (Lipinski definition) is 6. The highest BCUT2D eigenvalue weighted by atomic mass is 16.5. The van der Waals surface area contributed by atoms with Crippen molar-refractivity contribution in [3.63, 3.8) is 0 Å². The highest BCUT2D eigenvalue weighted by Crippen LogP contribution is 2.45. The summed E-state index contributed by atoms with van der Waals surface area (Å²) in [7, 11) is 0. The quantitative estimate of drug-likeness (QED) is 0.258. The van der Waals surface area contributed by atoms with E-state index in [1.165, 1.54) is 0 Å². The van der Waals surface area contributed by atoms with Crippen LogP contribution in [0, 0.1) is 32.1 Å². The number of benzene rings is 3. The van der Waals surface area contributed by atoms with Crippen LogP contribution in [-0.2, 0) is 11.2 Å². The number of hydrogen-bond donors (Lipinski definition) is 1. The summed E-state index contributed by atoms with van der Waals surface area (Å²) in [5, 5.41) is 19.1. The lowest BCUT2D eigenvalue weighted by Gasteiger charge is -2.19. The van der Waals surface area contributed by atoms with Crippen LogP contribution in [0.2, 0.25) is 0 Å². The minimum absolute atomic E-state index is 0.0461. The van der Waals surface area contributed by atoms with E-state index in [0.717, 1.165) is 63.4 Å². The Hall–Kier alpha value is -4.83. The lowest BCUT2D eigenvalue weighted by molar-refractivity contribution is -0.137. The third-order valence-electron chi connectivity index (χ3n) is 7.81. The molecule has 2 aliphatic rings. The average molecular weight is 547 g/mol. The molecule has 7 nitrogen and oxygen atoms in total. The van der Waals surface area contributed by atoms with Gasteiger partial charge in [0.2, 0.25) is 0 Å². The summed E-state index contributed by atoms with van der Waals surface area (Å²) in [6.45, 7) is 6.36. The monoisotopic (exact) mass is 546 g/mol. The summed E-state index contributed by atoms with van der Waals surface area (Å²) in [6.07, 6.45) is 1.47. The van der Waals surface area contributed by atoms with Gasteiger partial charge >= 0.3 is 5.97 Å². The lowest BCUT2D eigenvalue weighted by Crippen LogP contribution is -2.07. The molecule has 6 rings (SSSR count). The van der Waals surface area contributed by atoms with Crippen molar-refractivity contribution in [3.8, 4) is 40.2 Å². The van der Waals surface area contributed by atoms with Gasteiger partial charge in [0.05, 0.1) is 18.6 Å². The molecule has 206 valence electrons. The summed E-state index contributed by atoms with van der Waals surface area (Å²) < 4.78 is 18.6. The fourth-order valence-electron chi connectivity index (χ4n) is 5.98. The van der Waals surface area contributed by atoms with Gasteiger partial charge in [-0.15, -0.1) is 0 Å². The van der Waals surface area contributed by atoms with Crippen LogP contribution in [-0.4, -0.2) is 22.7 Å². The number of pyridine rings is 1. The summed E-state index contributed by atoms with van der Waals surface area (Å²) in [6, 6.07) is 21.7. The van der Waals surface area contributed by atoms with Crippen molar-refractivity contribution in [2.24, 2.45) is 0 Å². The van der Waals surface area contributed by atoms with Crippen LogP contribution in [0.5, 0.6) is 23.0 Å². The van der Waals surface area contributed by atoms with E-state index in [4.69, 9.17) is 14.2 Å². The van der Waals surface area contributed by atoms with E-state index in [1.807, 2.05) is 74.5 Å². The number of carbonyl (C=O) groups is 1. The number of aromatic nitrogens is 1. The molecule has 0 saturated carbocycles. The number of nitriles is 1. The number of ether oxygens (including phenoxy) is 3. The first kappa shape index (κ1) is 26.4. The fourth-order valence-corrected chi connectivity index (χ4v) is 5.98. The summed E-state index contributed by atoms with van der Waals surface area (Å²) in [5.41, 5.74) is 8.50. The number of aliphatic carboxylic acids is 1. The van der Waals surface area contributed by atoms with Gasteiger partial charge in [-0.25, -0.2) is 0 Å². The molecule has 2 atom stereocenters. The third-order valence-corrected chi connectivity index (χ3v) is 7.81. The van der Waals surface area contributed by atoms with Gasteiger partial charge in [0.1, 0.15) is 35.2 Å². The van der Waals surface area contributed by atoms with Crippen molar-refractivity contribution < 1.29 is 24.1 Å². The van der Waals surface area contributed by atoms with Crippen LogP contribution in [0.15, 0.2) is 60.7 Å². The minimum Gasteiger partial charge on any atom is -0.492 e. The van der Waals surface area contributed by atoms with Gasteiger partial charge in [0.15, 0.2) is 0 Å². The lowest BCUT2D eigenvalue weighted by atomic mass is 9.98. The summed E-state index contributed by atoms with van der Waals surface area (Å²) in [5.74, 6) is 1.64. The van der Waals surface area contributed by atoms with E-state index >= 15 is 0 Å². The molecule has 0 spiro atoms. The smallest absolute Gasteiger partial charge is 0.304 e. The maximum absolute atomic E-state index is 11.2. The van der Waals surface area contributed by atoms with Gasteiger partial charge < -0.3 is 19.3 Å². The topological polar surface area (TPSA) is 102 Å². The molecule has 3 aromatic carbocycles. The van der Waals surface area contributed by atoms with Crippen molar-refractivity contribution in [1.82, 2.24) is 4.98 Å². The Morgan fingerprint density at radius 2 is 1.80 bits per heavy atom. The molecule has 0 amide bonds. The number of carboxylic acids is 1. The molecule has 0 bridgehead atoms. The maximum Gasteiger partial charge on any atom is 0.304 e. The van der Waals surface area contributed by atoms with Gasteiger partial charge in [-0.05, 0) is 86.7 Å². The first-order valence-corrected chi connectivity index (χ1v) is 13.7. The predicted molar refractivity (Wildman–Crippen MR) is 154 cm³/mol. The van der Waals surface area contributed by atoms with E-state index in [9.17, 15) is 15.2 Å². The average Bonchev–Trinajstić information content (AvgIpc) is 3.54. The molecule has 2 heterocycles. The second-order valence-corrected chi connectivity index (χ2v) is 10.8. The zero-order valence-corrected chi connectivity index (χ0v) is 23.2. The molecule has 0 radical (unpaired) electrons. The molecule has 1 aliphatic heterocycles. The van der Waals surface area contributed by atoms with Crippen molar-refractivity contribution in [2.75, 3.05) is 6.61 Å². The Balaban J connectivity index is 1.24. The number of aryl methyl sites for hydroxylation is 3. The number of nitrogens with zero attached hydrogens (tertiary/aromatic N) is 2. The van der Waals surface area contributed by atoms with Crippen LogP contribution >= 0.6 is 0 Å². The van der Waals surface area contributed by atoms with Crippen molar-refractivity contribution >= 4 is 5.97 Å². The molecule has 0 fully saturated rings. The molecule has 0 unspecified atom stereocenters. The van der Waals surface area contributed by atoms with Gasteiger partial charge in [-0.2, -0.15) is 5.26 Å². The van der Waals surface area contributed by atoms with Crippen molar-refractivity contribution in [2.45, 2.75) is 52.1 Å². The van der Waals surface area contributed by atoms with Crippen molar-refractivity contribution in [3.05, 3.63) is 99.9 Å². The molecule has 41 heavy (non-hydrogen) atoms. The van der Waals surface area contributed by atoms with Crippen LogP contribution in [0.3, 0.4) is 0 Å². The summed E-state index contributed by atoms with van der Waals surface area (Å²) in [4.78, 5) is 15.6. The highest BCUT2D eigenvalue weighted by Gasteiger charge is 2.31. The molecular formula is C34H30N2O5. The Morgan fingerprint density at radius 3 is 2.56 bits per heavy atom. The van der Waals surface area contributed by atoms with E-state index in [0.29, 0.717) is 29.4 Å². The van der Waals surface area contributed by atoms with E-state index in [-0.39, 0.29) is 18.4 Å². The standard InChI is InChI=1S/C34H30N2O5/c1-19-4-9-30(41-29-10-5-22(14-24(29)17-35)23-12-20(2)36-21(3)13-23)28-8-11-31(34(19)28)40-26-6-7-27-25(15-33(37)38)18-39-32(27)16-26/h4-7,9-10,12-14,16,25,31H,8,11,15,18H2,1-3H3,(H,37,38)/t25-,31-/m1/s1. The Morgan fingerprint density at radius 1 is 1.02 bits per heavy atom. The third kappa shape index (κ3) is 5.21. The molecule has 1 N–H and O–H groups in total. The molecule has 0 saturated heterocycles. The number of rotatable bonds is 7. The number of carboxylic acid groups (broad SMARTS) is 1.